The van der Waals surface area contributed by atoms with Crippen LogP contribution < -0.4 is 0 Å². The van der Waals surface area contributed by atoms with Crippen LogP contribution in [0.1, 0.15) is 10.4 Å². The summed E-state index contributed by atoms with van der Waals surface area (Å²) in [4.78, 5) is 24.8. The minimum atomic E-state index is -0.967. The molecule has 1 N–H and O–H groups in total. The predicted molar refractivity (Wildman–Crippen MR) is 79.1 cm³/mol. The average molecular weight is 398 g/mol. The van der Waals surface area contributed by atoms with Gasteiger partial charge in [-0.05, 0) is 40.8 Å². The number of carboxylic acids is 1. The molecule has 7 heteroatoms. The van der Waals surface area contributed by atoms with Gasteiger partial charge in [-0.3, -0.25) is 4.79 Å². The normalized spacial score (nSPS) is 19.0. The van der Waals surface area contributed by atoms with Gasteiger partial charge in [0.1, 0.15) is 6.04 Å². The second-order valence-corrected chi connectivity index (χ2v) is 6.35. The minimum Gasteiger partial charge on any atom is -0.480 e. The molecular formula is C11H9ClINO3S. The van der Waals surface area contributed by atoms with Gasteiger partial charge in [-0.15, -0.1) is 11.8 Å². The smallest absolute Gasteiger partial charge is 0.327 e. The number of nitrogens with zero attached hydrogens (tertiary/aromatic N) is 1. The molecule has 0 radical (unpaired) electrons. The number of hydrogen-bond acceptors (Lipinski definition) is 3. The molecule has 1 heterocycles. The maximum absolute atomic E-state index is 12.3. The Hall–Kier alpha value is -0.470. The van der Waals surface area contributed by atoms with Crippen molar-refractivity contribution in [3.8, 4) is 0 Å². The summed E-state index contributed by atoms with van der Waals surface area (Å²) in [6, 6.07) is 4.27. The lowest BCUT2D eigenvalue weighted by atomic mass is 10.2. The third kappa shape index (κ3) is 2.75. The van der Waals surface area contributed by atoms with Crippen LogP contribution in [0, 0.1) is 3.57 Å². The molecule has 2 rings (SSSR count). The highest BCUT2D eigenvalue weighted by Crippen LogP contribution is 2.26. The number of hydrogen-bond donors (Lipinski definition) is 1. The van der Waals surface area contributed by atoms with Gasteiger partial charge in [0.15, 0.2) is 0 Å². The average Bonchev–Trinajstić information content (AvgIpc) is 2.80. The van der Waals surface area contributed by atoms with Gasteiger partial charge in [0.05, 0.1) is 11.4 Å². The zero-order chi connectivity index (χ0) is 13.3. The van der Waals surface area contributed by atoms with E-state index >= 15 is 0 Å². The van der Waals surface area contributed by atoms with Crippen molar-refractivity contribution in [2.45, 2.75) is 6.04 Å². The molecule has 0 aromatic heterocycles. The molecule has 1 fully saturated rings. The minimum absolute atomic E-state index is 0.278. The summed E-state index contributed by atoms with van der Waals surface area (Å²) in [6.07, 6.45) is 0. The van der Waals surface area contributed by atoms with Crippen molar-refractivity contribution >= 4 is 57.8 Å². The van der Waals surface area contributed by atoms with Crippen molar-refractivity contribution in [3.63, 3.8) is 0 Å². The molecular weight excluding hydrogens is 389 g/mol. The molecule has 1 aliphatic rings. The molecule has 4 nitrogen and oxygen atoms in total. The van der Waals surface area contributed by atoms with E-state index < -0.39 is 12.0 Å². The summed E-state index contributed by atoms with van der Waals surface area (Å²) in [5, 5.41) is 9.54. The van der Waals surface area contributed by atoms with Gasteiger partial charge in [0.2, 0.25) is 0 Å². The Morgan fingerprint density at radius 3 is 2.89 bits per heavy atom. The van der Waals surface area contributed by atoms with Crippen LogP contribution in [-0.2, 0) is 4.79 Å². The largest absolute Gasteiger partial charge is 0.480 e. The fourth-order valence-corrected chi connectivity index (χ4v) is 3.55. The lowest BCUT2D eigenvalue weighted by molar-refractivity contribution is -0.140. The highest BCUT2D eigenvalue weighted by Gasteiger charge is 2.35. The second kappa shape index (κ2) is 5.66. The number of amides is 1. The number of rotatable bonds is 2. The quantitative estimate of drug-likeness (QED) is 0.779. The van der Waals surface area contributed by atoms with Crippen molar-refractivity contribution in [3.05, 3.63) is 32.4 Å². The number of carbonyl (C=O) groups is 2. The number of halogens is 2. The number of carboxylic acid groups (broad SMARTS) is 1. The maximum atomic E-state index is 12.3. The van der Waals surface area contributed by atoms with Gasteiger partial charge in [0.25, 0.3) is 5.91 Å². The highest BCUT2D eigenvalue weighted by molar-refractivity contribution is 14.1. The van der Waals surface area contributed by atoms with Crippen LogP contribution >= 0.6 is 46.0 Å². The van der Waals surface area contributed by atoms with E-state index in [0.29, 0.717) is 22.2 Å². The van der Waals surface area contributed by atoms with E-state index in [2.05, 4.69) is 0 Å². The maximum Gasteiger partial charge on any atom is 0.327 e. The van der Waals surface area contributed by atoms with Crippen LogP contribution in [-0.4, -0.2) is 39.6 Å². The van der Waals surface area contributed by atoms with Gasteiger partial charge >= 0.3 is 5.97 Å². The van der Waals surface area contributed by atoms with E-state index in [4.69, 9.17) is 16.7 Å². The van der Waals surface area contributed by atoms with Gasteiger partial charge in [0, 0.05) is 14.3 Å². The van der Waals surface area contributed by atoms with E-state index in [0.717, 1.165) is 3.57 Å². The molecule has 1 aromatic rings. The first-order valence-corrected chi connectivity index (χ1v) is 7.68. The van der Waals surface area contributed by atoms with Crippen LogP contribution in [0.3, 0.4) is 0 Å². The molecule has 18 heavy (non-hydrogen) atoms. The van der Waals surface area contributed by atoms with Gasteiger partial charge in [-0.2, -0.15) is 0 Å². The van der Waals surface area contributed by atoms with Crippen LogP contribution in [0.5, 0.6) is 0 Å². The monoisotopic (exact) mass is 397 g/mol. The molecule has 0 aliphatic carbocycles. The van der Waals surface area contributed by atoms with Gasteiger partial charge in [-0.1, -0.05) is 11.6 Å². The Balaban J connectivity index is 2.31. The molecule has 1 atom stereocenters. The Labute approximate surface area is 127 Å². The Kier molecular flexibility index (Phi) is 4.39. The van der Waals surface area contributed by atoms with E-state index in [9.17, 15) is 9.59 Å². The molecule has 1 saturated heterocycles. The van der Waals surface area contributed by atoms with Crippen molar-refractivity contribution in [2.24, 2.45) is 0 Å². The molecule has 0 saturated carbocycles. The lowest BCUT2D eigenvalue weighted by Gasteiger charge is -2.21. The van der Waals surface area contributed by atoms with Crippen LogP contribution in [0.2, 0.25) is 5.02 Å². The summed E-state index contributed by atoms with van der Waals surface area (Å²) in [6.45, 7) is 0. The van der Waals surface area contributed by atoms with Crippen molar-refractivity contribution < 1.29 is 14.7 Å². The third-order valence-corrected chi connectivity index (χ3v) is 4.78. The van der Waals surface area contributed by atoms with E-state index in [1.165, 1.54) is 16.7 Å². The van der Waals surface area contributed by atoms with Crippen molar-refractivity contribution in [1.82, 2.24) is 4.90 Å². The second-order valence-electron chi connectivity index (χ2n) is 3.75. The lowest BCUT2D eigenvalue weighted by Crippen LogP contribution is -2.42. The fraction of sp³-hybridized carbons (Fsp3) is 0.273. The van der Waals surface area contributed by atoms with E-state index in [1.54, 1.807) is 18.2 Å². The predicted octanol–water partition coefficient (Wildman–Crippen LogP) is 2.54. The van der Waals surface area contributed by atoms with Gasteiger partial charge < -0.3 is 10.0 Å². The molecule has 0 unspecified atom stereocenters. The molecule has 96 valence electrons. The number of aliphatic carboxylic acids is 1. The number of thioether (sulfide) groups is 1. The first kappa shape index (κ1) is 14.0. The van der Waals surface area contributed by atoms with Gasteiger partial charge in [-0.25, -0.2) is 4.79 Å². The molecule has 1 aromatic carbocycles. The number of benzene rings is 1. The first-order valence-electron chi connectivity index (χ1n) is 5.07. The van der Waals surface area contributed by atoms with Crippen molar-refractivity contribution in [2.75, 3.05) is 11.6 Å². The SMILES string of the molecule is O=C(O)[C@@H]1CSCN1C(=O)c1cc(Cl)ccc1I. The zero-order valence-corrected chi connectivity index (χ0v) is 12.8. The third-order valence-electron chi connectivity index (χ3n) is 2.59. The van der Waals surface area contributed by atoms with E-state index in [-0.39, 0.29) is 5.91 Å². The summed E-state index contributed by atoms with van der Waals surface area (Å²) in [7, 11) is 0. The molecule has 1 amide bonds. The summed E-state index contributed by atoms with van der Waals surface area (Å²) in [5.41, 5.74) is 0.455. The van der Waals surface area contributed by atoms with E-state index in [1.807, 2.05) is 22.6 Å². The standard InChI is InChI=1S/C11H9ClINO3S/c12-6-1-2-8(13)7(3-6)10(15)14-5-18-4-9(14)11(16)17/h1-3,9H,4-5H2,(H,16,17)/t9-/m0/s1. The highest BCUT2D eigenvalue weighted by atomic mass is 127. The fourth-order valence-electron chi connectivity index (χ4n) is 1.66. The van der Waals surface area contributed by atoms with Crippen LogP contribution in [0.4, 0.5) is 0 Å². The summed E-state index contributed by atoms with van der Waals surface area (Å²) < 4.78 is 0.767. The Morgan fingerprint density at radius 1 is 1.50 bits per heavy atom. The zero-order valence-electron chi connectivity index (χ0n) is 9.10. The Bertz CT molecular complexity index is 511. The van der Waals surface area contributed by atoms with Crippen LogP contribution in [0.15, 0.2) is 18.2 Å². The molecule has 1 aliphatic heterocycles. The summed E-state index contributed by atoms with van der Waals surface area (Å²) >= 11 is 9.35. The molecule has 0 bridgehead atoms. The molecule has 0 spiro atoms. The first-order chi connectivity index (χ1) is 8.50. The van der Waals surface area contributed by atoms with Crippen LogP contribution in [0.25, 0.3) is 0 Å². The topological polar surface area (TPSA) is 57.6 Å². The summed E-state index contributed by atoms with van der Waals surface area (Å²) in [5.74, 6) is -0.416. The Morgan fingerprint density at radius 2 is 2.22 bits per heavy atom. The number of carbonyl (C=O) groups excluding carboxylic acids is 1. The van der Waals surface area contributed by atoms with Crippen molar-refractivity contribution in [1.29, 1.82) is 0 Å².